The van der Waals surface area contributed by atoms with E-state index in [0.29, 0.717) is 25.3 Å². The number of thioether (sulfide) groups is 1. The maximum atomic E-state index is 13.0. The number of hydrogen-bond acceptors (Lipinski definition) is 4. The lowest BCUT2D eigenvalue weighted by atomic mass is 10.2. The molecule has 2 rings (SSSR count). The number of carbonyl (C=O) groups is 1. The number of halogens is 2. The highest BCUT2D eigenvalue weighted by Gasteiger charge is 2.18. The van der Waals surface area contributed by atoms with E-state index in [0.717, 1.165) is 18.1 Å². The Kier molecular flexibility index (Phi) is 8.60. The second kappa shape index (κ2) is 9.92. The van der Waals surface area contributed by atoms with Gasteiger partial charge in [0.2, 0.25) is 5.91 Å². The number of rotatable bonds is 6. The summed E-state index contributed by atoms with van der Waals surface area (Å²) in [6.07, 6.45) is 0.517. The molecule has 0 radical (unpaired) electrons. The van der Waals surface area contributed by atoms with Gasteiger partial charge in [-0.2, -0.15) is 11.8 Å². The van der Waals surface area contributed by atoms with Gasteiger partial charge in [0.1, 0.15) is 18.2 Å². The molecule has 1 unspecified atom stereocenters. The first-order valence-electron chi connectivity index (χ1n) is 7.08. The number of nitrogens with one attached hydrogen (secondary N) is 1. The first kappa shape index (κ1) is 19.1. The fraction of sp³-hybridized carbons (Fsp3) is 0.533. The smallest absolute Gasteiger partial charge is 0.224 e. The highest BCUT2D eigenvalue weighted by molar-refractivity contribution is 7.99. The van der Waals surface area contributed by atoms with Crippen molar-refractivity contribution in [3.63, 3.8) is 0 Å². The van der Waals surface area contributed by atoms with Crippen molar-refractivity contribution in [3.8, 4) is 5.75 Å². The van der Waals surface area contributed by atoms with Gasteiger partial charge in [-0.15, -0.1) is 12.4 Å². The van der Waals surface area contributed by atoms with Crippen LogP contribution in [0.4, 0.5) is 4.39 Å². The third kappa shape index (κ3) is 6.42. The molecule has 1 aliphatic rings. The summed E-state index contributed by atoms with van der Waals surface area (Å²) in [5, 5.41) is 3.35. The molecule has 22 heavy (non-hydrogen) atoms. The Bertz CT molecular complexity index is 473. The van der Waals surface area contributed by atoms with Gasteiger partial charge in [-0.25, -0.2) is 4.39 Å². The molecular weight excluding hydrogens is 327 g/mol. The largest absolute Gasteiger partial charge is 0.492 e. The van der Waals surface area contributed by atoms with E-state index in [1.807, 2.05) is 11.8 Å². The summed E-state index contributed by atoms with van der Waals surface area (Å²) in [5.41, 5.74) is 0. The molecule has 1 aliphatic heterocycles. The number of amides is 1. The van der Waals surface area contributed by atoms with Crippen LogP contribution in [-0.4, -0.2) is 55.1 Å². The SMILES string of the molecule is CN(CCOc1cccc(F)c1)C(=O)CC1CSCCN1.Cl. The van der Waals surface area contributed by atoms with Crippen molar-refractivity contribution in [2.24, 2.45) is 0 Å². The first-order chi connectivity index (χ1) is 10.1. The van der Waals surface area contributed by atoms with Crippen LogP contribution < -0.4 is 10.1 Å². The molecule has 0 aromatic heterocycles. The van der Waals surface area contributed by atoms with Crippen molar-refractivity contribution in [2.75, 3.05) is 38.2 Å². The van der Waals surface area contributed by atoms with Gasteiger partial charge in [0.15, 0.2) is 0 Å². The molecule has 124 valence electrons. The molecule has 0 bridgehead atoms. The van der Waals surface area contributed by atoms with E-state index in [1.165, 1.54) is 12.1 Å². The van der Waals surface area contributed by atoms with Crippen LogP contribution in [0.25, 0.3) is 0 Å². The standard InChI is InChI=1S/C15H21FN2O2S.ClH/c1-18(15(19)10-13-11-21-8-5-17-13)6-7-20-14-4-2-3-12(16)9-14;/h2-4,9,13,17H,5-8,10-11H2,1H3;1H. The zero-order valence-electron chi connectivity index (χ0n) is 12.6. The van der Waals surface area contributed by atoms with E-state index in [9.17, 15) is 9.18 Å². The van der Waals surface area contributed by atoms with Gasteiger partial charge >= 0.3 is 0 Å². The fourth-order valence-corrected chi connectivity index (χ4v) is 3.05. The monoisotopic (exact) mass is 348 g/mol. The van der Waals surface area contributed by atoms with Gasteiger partial charge in [-0.3, -0.25) is 4.79 Å². The molecule has 0 saturated carbocycles. The topological polar surface area (TPSA) is 41.6 Å². The number of ether oxygens (including phenoxy) is 1. The highest BCUT2D eigenvalue weighted by Crippen LogP contribution is 2.13. The minimum atomic E-state index is -0.321. The number of likely N-dealkylation sites (N-methyl/N-ethyl adjacent to an activating group) is 1. The molecule has 1 aromatic carbocycles. The Labute approximate surface area is 141 Å². The Hall–Kier alpha value is -0.980. The molecule has 7 heteroatoms. The normalized spacial score (nSPS) is 17.5. The fourth-order valence-electron chi connectivity index (χ4n) is 2.10. The van der Waals surface area contributed by atoms with E-state index in [1.54, 1.807) is 24.1 Å². The second-order valence-electron chi connectivity index (χ2n) is 5.05. The highest BCUT2D eigenvalue weighted by atomic mass is 35.5. The summed E-state index contributed by atoms with van der Waals surface area (Å²) in [6.45, 7) is 1.82. The summed E-state index contributed by atoms with van der Waals surface area (Å²) < 4.78 is 18.4. The molecule has 1 N–H and O–H groups in total. The molecule has 0 aliphatic carbocycles. The van der Waals surface area contributed by atoms with Crippen LogP contribution in [0.15, 0.2) is 24.3 Å². The zero-order chi connectivity index (χ0) is 15.1. The lowest BCUT2D eigenvalue weighted by molar-refractivity contribution is -0.130. The summed E-state index contributed by atoms with van der Waals surface area (Å²) in [6, 6.07) is 6.28. The van der Waals surface area contributed by atoms with Gasteiger partial charge in [-0.1, -0.05) is 6.07 Å². The first-order valence-corrected chi connectivity index (χ1v) is 8.24. The van der Waals surface area contributed by atoms with Gasteiger partial charge in [-0.05, 0) is 12.1 Å². The molecule has 1 fully saturated rings. The van der Waals surface area contributed by atoms with E-state index < -0.39 is 0 Å². The zero-order valence-corrected chi connectivity index (χ0v) is 14.2. The van der Waals surface area contributed by atoms with Gasteiger partial charge in [0.25, 0.3) is 0 Å². The van der Waals surface area contributed by atoms with Crippen LogP contribution in [0.2, 0.25) is 0 Å². The number of hydrogen-bond donors (Lipinski definition) is 1. The average Bonchev–Trinajstić information content (AvgIpc) is 2.48. The molecule has 1 atom stereocenters. The number of carbonyl (C=O) groups excluding carboxylic acids is 1. The lowest BCUT2D eigenvalue weighted by Crippen LogP contribution is -2.42. The Morgan fingerprint density at radius 3 is 3.05 bits per heavy atom. The predicted octanol–water partition coefficient (Wildman–Crippen LogP) is 2.18. The molecule has 1 saturated heterocycles. The maximum absolute atomic E-state index is 13.0. The molecular formula is C15H22ClFN2O2S. The van der Waals surface area contributed by atoms with Crippen LogP contribution in [0.5, 0.6) is 5.75 Å². The van der Waals surface area contributed by atoms with Crippen molar-refractivity contribution in [3.05, 3.63) is 30.1 Å². The third-order valence-electron chi connectivity index (χ3n) is 3.34. The summed E-state index contributed by atoms with van der Waals surface area (Å²) in [7, 11) is 1.77. The Balaban J connectivity index is 0.00000242. The van der Waals surface area contributed by atoms with Crippen LogP contribution in [-0.2, 0) is 4.79 Å². The summed E-state index contributed by atoms with van der Waals surface area (Å²) >= 11 is 1.88. The molecule has 1 aromatic rings. The minimum Gasteiger partial charge on any atom is -0.492 e. The lowest BCUT2D eigenvalue weighted by Gasteiger charge is -2.25. The predicted molar refractivity (Wildman–Crippen MR) is 90.5 cm³/mol. The van der Waals surface area contributed by atoms with E-state index >= 15 is 0 Å². The van der Waals surface area contributed by atoms with E-state index in [4.69, 9.17) is 4.74 Å². The van der Waals surface area contributed by atoms with Crippen molar-refractivity contribution >= 4 is 30.1 Å². The number of nitrogens with zero attached hydrogens (tertiary/aromatic N) is 1. The van der Waals surface area contributed by atoms with Crippen LogP contribution in [0.1, 0.15) is 6.42 Å². The quantitative estimate of drug-likeness (QED) is 0.855. The molecule has 4 nitrogen and oxygen atoms in total. The maximum Gasteiger partial charge on any atom is 0.224 e. The van der Waals surface area contributed by atoms with Crippen LogP contribution >= 0.6 is 24.2 Å². The van der Waals surface area contributed by atoms with Crippen molar-refractivity contribution in [1.29, 1.82) is 0 Å². The van der Waals surface area contributed by atoms with Crippen molar-refractivity contribution in [1.82, 2.24) is 10.2 Å². The van der Waals surface area contributed by atoms with Gasteiger partial charge < -0.3 is 15.0 Å². The van der Waals surface area contributed by atoms with Gasteiger partial charge in [0.05, 0.1) is 6.54 Å². The van der Waals surface area contributed by atoms with E-state index in [2.05, 4.69) is 5.32 Å². The average molecular weight is 349 g/mol. The summed E-state index contributed by atoms with van der Waals surface area (Å²) in [4.78, 5) is 13.7. The van der Waals surface area contributed by atoms with Crippen LogP contribution in [0.3, 0.4) is 0 Å². The minimum absolute atomic E-state index is 0. The second-order valence-corrected chi connectivity index (χ2v) is 6.20. The molecule has 0 spiro atoms. The third-order valence-corrected chi connectivity index (χ3v) is 4.47. The van der Waals surface area contributed by atoms with Crippen molar-refractivity contribution in [2.45, 2.75) is 12.5 Å². The van der Waals surface area contributed by atoms with E-state index in [-0.39, 0.29) is 30.2 Å². The molecule has 1 amide bonds. The number of benzene rings is 1. The van der Waals surface area contributed by atoms with Gasteiger partial charge in [0, 0.05) is 43.6 Å². The van der Waals surface area contributed by atoms with Crippen molar-refractivity contribution < 1.29 is 13.9 Å². The van der Waals surface area contributed by atoms with Crippen LogP contribution in [0, 0.1) is 5.82 Å². The Morgan fingerprint density at radius 2 is 2.36 bits per heavy atom. The molecule has 1 heterocycles. The summed E-state index contributed by atoms with van der Waals surface area (Å²) in [5.74, 6) is 2.37. The Morgan fingerprint density at radius 1 is 1.55 bits per heavy atom.